The first-order valence-electron chi connectivity index (χ1n) is 7.93. The van der Waals surface area contributed by atoms with Crippen molar-refractivity contribution in [2.24, 2.45) is 0 Å². The molecular weight excluding hydrogens is 324 g/mol. The zero-order chi connectivity index (χ0) is 17.1. The quantitative estimate of drug-likeness (QED) is 0.683. The summed E-state index contributed by atoms with van der Waals surface area (Å²) in [5.41, 5.74) is 7.42. The van der Waals surface area contributed by atoms with Crippen molar-refractivity contribution in [2.45, 2.75) is 25.8 Å². The summed E-state index contributed by atoms with van der Waals surface area (Å²) in [6, 6.07) is 9.31. The third-order valence-corrected chi connectivity index (χ3v) is 5.29. The lowest BCUT2D eigenvalue weighted by Crippen LogP contribution is -2.34. The summed E-state index contributed by atoms with van der Waals surface area (Å²) in [5, 5.41) is 2.01. The minimum Gasteiger partial charge on any atom is -0.452 e. The molecule has 3 rings (SSSR count). The lowest BCUT2D eigenvalue weighted by Gasteiger charge is -2.23. The van der Waals surface area contributed by atoms with Gasteiger partial charge in [0.2, 0.25) is 0 Å². The van der Waals surface area contributed by atoms with E-state index in [2.05, 4.69) is 0 Å². The Labute approximate surface area is 145 Å². The highest BCUT2D eigenvalue weighted by molar-refractivity contribution is 7.10. The number of anilines is 1. The van der Waals surface area contributed by atoms with Crippen LogP contribution in [0.2, 0.25) is 0 Å². The Morgan fingerprint density at radius 3 is 2.92 bits per heavy atom. The number of hydrogen-bond donors (Lipinski definition) is 1. The van der Waals surface area contributed by atoms with Gasteiger partial charge in [-0.1, -0.05) is 18.2 Å². The second-order valence-electron chi connectivity index (χ2n) is 5.87. The molecule has 5 nitrogen and oxygen atoms in total. The number of carbonyl (C=O) groups excluding carboxylic acids is 2. The van der Waals surface area contributed by atoms with Crippen LogP contribution in [0, 0.1) is 6.92 Å². The average molecular weight is 344 g/mol. The monoisotopic (exact) mass is 344 g/mol. The molecule has 0 radical (unpaired) electrons. The van der Waals surface area contributed by atoms with Crippen molar-refractivity contribution in [3.63, 3.8) is 0 Å². The number of thiophene rings is 1. The highest BCUT2D eigenvalue weighted by atomic mass is 32.1. The second-order valence-corrected chi connectivity index (χ2v) is 6.85. The van der Waals surface area contributed by atoms with E-state index in [0.717, 1.165) is 18.4 Å². The molecule has 0 saturated carbocycles. The molecule has 1 aliphatic rings. The zero-order valence-electron chi connectivity index (χ0n) is 13.5. The number of carbonyl (C=O) groups is 2. The Morgan fingerprint density at radius 2 is 2.17 bits per heavy atom. The van der Waals surface area contributed by atoms with E-state index in [0.29, 0.717) is 17.8 Å². The van der Waals surface area contributed by atoms with Crippen LogP contribution >= 0.6 is 11.3 Å². The van der Waals surface area contributed by atoms with Gasteiger partial charge in [0.05, 0.1) is 11.6 Å². The number of nitrogens with zero attached hydrogens (tertiary/aromatic N) is 1. The first-order valence-corrected chi connectivity index (χ1v) is 8.81. The summed E-state index contributed by atoms with van der Waals surface area (Å²) >= 11 is 1.65. The minimum atomic E-state index is -0.559. The minimum absolute atomic E-state index is 0.0974. The lowest BCUT2D eigenvalue weighted by molar-refractivity contribution is -0.135. The fourth-order valence-corrected chi connectivity index (χ4v) is 3.86. The van der Waals surface area contributed by atoms with Crippen molar-refractivity contribution >= 4 is 28.9 Å². The van der Waals surface area contributed by atoms with Gasteiger partial charge in [0.1, 0.15) is 0 Å². The van der Waals surface area contributed by atoms with Crippen LogP contribution < -0.4 is 5.73 Å². The van der Waals surface area contributed by atoms with Crippen LogP contribution in [-0.4, -0.2) is 29.9 Å². The van der Waals surface area contributed by atoms with Gasteiger partial charge in [-0.05, 0) is 42.8 Å². The summed E-state index contributed by atoms with van der Waals surface area (Å²) in [4.78, 5) is 27.6. The molecule has 1 amide bonds. The fraction of sp³-hybridized carbons (Fsp3) is 0.333. The van der Waals surface area contributed by atoms with Crippen molar-refractivity contribution in [3.05, 3.63) is 51.7 Å². The van der Waals surface area contributed by atoms with Gasteiger partial charge in [0.25, 0.3) is 5.91 Å². The van der Waals surface area contributed by atoms with Crippen LogP contribution in [0.5, 0.6) is 0 Å². The third-order valence-electron chi connectivity index (χ3n) is 4.32. The van der Waals surface area contributed by atoms with Gasteiger partial charge >= 0.3 is 5.97 Å². The molecule has 1 aromatic carbocycles. The first kappa shape index (κ1) is 16.5. The number of esters is 1. The highest BCUT2D eigenvalue weighted by Crippen LogP contribution is 2.34. The molecule has 1 aromatic heterocycles. The Bertz CT molecular complexity index is 743. The maximum atomic E-state index is 12.5. The maximum Gasteiger partial charge on any atom is 0.340 e. The summed E-state index contributed by atoms with van der Waals surface area (Å²) in [7, 11) is 0. The van der Waals surface area contributed by atoms with E-state index in [1.165, 1.54) is 4.88 Å². The SMILES string of the molecule is Cc1cccc(C(=O)OCC(=O)N2CCC[C@H]2c2cccs2)c1N. The number of amides is 1. The van der Waals surface area contributed by atoms with E-state index in [-0.39, 0.29) is 18.6 Å². The first-order chi connectivity index (χ1) is 11.6. The van der Waals surface area contributed by atoms with Gasteiger partial charge in [-0.2, -0.15) is 0 Å². The van der Waals surface area contributed by atoms with Crippen LogP contribution in [0.4, 0.5) is 5.69 Å². The zero-order valence-corrected chi connectivity index (χ0v) is 14.3. The van der Waals surface area contributed by atoms with Crippen LogP contribution in [0.25, 0.3) is 0 Å². The van der Waals surface area contributed by atoms with Gasteiger partial charge in [-0.25, -0.2) is 4.79 Å². The molecule has 0 spiro atoms. The highest BCUT2D eigenvalue weighted by Gasteiger charge is 2.31. The largest absolute Gasteiger partial charge is 0.452 e. The van der Waals surface area contributed by atoms with Crippen molar-refractivity contribution in [1.82, 2.24) is 4.90 Å². The number of ether oxygens (including phenoxy) is 1. The summed E-state index contributed by atoms with van der Waals surface area (Å²) in [6.07, 6.45) is 1.91. The fourth-order valence-electron chi connectivity index (χ4n) is 2.99. The molecule has 2 aromatic rings. The standard InChI is InChI=1S/C18H20N2O3S/c1-12-5-2-6-13(17(12)19)18(22)23-11-16(21)20-9-3-7-14(20)15-8-4-10-24-15/h2,4-6,8,10,14H,3,7,9,11,19H2,1H3/t14-/m0/s1. The number of likely N-dealkylation sites (tertiary alicyclic amines) is 1. The number of benzene rings is 1. The number of aryl methyl sites for hydroxylation is 1. The number of nitrogens with two attached hydrogens (primary N) is 1. The molecule has 2 N–H and O–H groups in total. The van der Waals surface area contributed by atoms with Crippen molar-refractivity contribution in [3.8, 4) is 0 Å². The van der Waals surface area contributed by atoms with Gasteiger partial charge in [0, 0.05) is 17.1 Å². The van der Waals surface area contributed by atoms with Gasteiger partial charge in [-0.3, -0.25) is 4.79 Å². The molecule has 126 valence electrons. The van der Waals surface area contributed by atoms with Gasteiger partial charge < -0.3 is 15.4 Å². The van der Waals surface area contributed by atoms with Crippen LogP contribution in [0.1, 0.15) is 39.7 Å². The predicted octanol–water partition coefficient (Wildman–Crippen LogP) is 3.16. The normalized spacial score (nSPS) is 17.0. The Morgan fingerprint density at radius 1 is 1.33 bits per heavy atom. The van der Waals surface area contributed by atoms with E-state index in [1.807, 2.05) is 30.5 Å². The number of rotatable bonds is 4. The molecule has 0 bridgehead atoms. The average Bonchev–Trinajstić information content (AvgIpc) is 3.25. The van der Waals surface area contributed by atoms with Gasteiger partial charge in [-0.15, -0.1) is 11.3 Å². The van der Waals surface area contributed by atoms with Crippen LogP contribution in [-0.2, 0) is 9.53 Å². The van der Waals surface area contributed by atoms with E-state index >= 15 is 0 Å². The molecule has 1 saturated heterocycles. The number of para-hydroxylation sites is 1. The Kier molecular flexibility index (Phi) is 4.85. The van der Waals surface area contributed by atoms with E-state index < -0.39 is 5.97 Å². The van der Waals surface area contributed by atoms with Gasteiger partial charge in [0.15, 0.2) is 6.61 Å². The predicted molar refractivity (Wildman–Crippen MR) is 93.9 cm³/mol. The lowest BCUT2D eigenvalue weighted by atomic mass is 10.1. The third kappa shape index (κ3) is 3.28. The molecule has 1 aliphatic heterocycles. The van der Waals surface area contributed by atoms with E-state index in [9.17, 15) is 9.59 Å². The molecule has 0 unspecified atom stereocenters. The molecule has 24 heavy (non-hydrogen) atoms. The summed E-state index contributed by atoms with van der Waals surface area (Å²) in [5.74, 6) is -0.720. The van der Waals surface area contributed by atoms with Crippen LogP contribution in [0.15, 0.2) is 35.7 Å². The van der Waals surface area contributed by atoms with Crippen molar-refractivity contribution in [2.75, 3.05) is 18.9 Å². The number of hydrogen-bond acceptors (Lipinski definition) is 5. The molecule has 0 aliphatic carbocycles. The maximum absolute atomic E-state index is 12.5. The summed E-state index contributed by atoms with van der Waals surface area (Å²) < 4.78 is 5.20. The molecule has 2 heterocycles. The van der Waals surface area contributed by atoms with E-state index in [4.69, 9.17) is 10.5 Å². The molecule has 1 atom stereocenters. The summed E-state index contributed by atoms with van der Waals surface area (Å²) in [6.45, 7) is 2.27. The molecule has 6 heteroatoms. The molecular formula is C18H20N2O3S. The van der Waals surface area contributed by atoms with Crippen molar-refractivity contribution in [1.29, 1.82) is 0 Å². The van der Waals surface area contributed by atoms with Crippen molar-refractivity contribution < 1.29 is 14.3 Å². The van der Waals surface area contributed by atoms with Crippen LogP contribution in [0.3, 0.4) is 0 Å². The topological polar surface area (TPSA) is 72.6 Å². The Balaban J connectivity index is 1.63. The molecule has 1 fully saturated rings. The number of nitrogen functional groups attached to an aromatic ring is 1. The Hall–Kier alpha value is -2.34. The second kappa shape index (κ2) is 7.05. The smallest absolute Gasteiger partial charge is 0.340 e. The van der Waals surface area contributed by atoms with E-state index in [1.54, 1.807) is 28.4 Å².